The summed E-state index contributed by atoms with van der Waals surface area (Å²) in [6, 6.07) is 2.94. The summed E-state index contributed by atoms with van der Waals surface area (Å²) in [5, 5.41) is 11.1. The number of hydrogen-bond acceptors (Lipinski definition) is 4. The first kappa shape index (κ1) is 19.2. The van der Waals surface area contributed by atoms with Crippen LogP contribution in [0.1, 0.15) is 50.1 Å². The number of rotatable bonds is 4. The second kappa shape index (κ2) is 8.32. The van der Waals surface area contributed by atoms with Crippen LogP contribution in [0.4, 0.5) is 0 Å². The molecule has 1 amide bonds. The lowest BCUT2D eigenvalue weighted by Crippen LogP contribution is -2.40. The Hall–Kier alpha value is -1.11. The van der Waals surface area contributed by atoms with Gasteiger partial charge in [-0.1, -0.05) is 6.92 Å². The van der Waals surface area contributed by atoms with E-state index in [1.165, 1.54) is 0 Å². The third-order valence-electron chi connectivity index (χ3n) is 5.17. The third-order valence-corrected chi connectivity index (χ3v) is 5.17. The minimum absolute atomic E-state index is 0. The predicted octanol–water partition coefficient (Wildman–Crippen LogP) is 1.69. The minimum Gasteiger partial charge on any atom is -0.346 e. The average Bonchev–Trinajstić information content (AvgIpc) is 3.16. The molecule has 3 heterocycles. The van der Waals surface area contributed by atoms with E-state index in [1.54, 1.807) is 0 Å². The van der Waals surface area contributed by atoms with Gasteiger partial charge in [-0.2, -0.15) is 5.10 Å². The summed E-state index contributed by atoms with van der Waals surface area (Å²) in [4.78, 5) is 14.9. The zero-order chi connectivity index (χ0) is 16.4. The second-order valence-corrected chi connectivity index (χ2v) is 7.29. The van der Waals surface area contributed by atoms with Gasteiger partial charge in [0.2, 0.25) is 0 Å². The maximum atomic E-state index is 12.5. The lowest BCUT2D eigenvalue weighted by atomic mass is 10.1. The van der Waals surface area contributed by atoms with Crippen LogP contribution < -0.4 is 10.6 Å². The molecule has 3 rings (SSSR count). The zero-order valence-corrected chi connectivity index (χ0v) is 15.7. The third kappa shape index (κ3) is 4.29. The highest BCUT2D eigenvalue weighted by molar-refractivity contribution is 5.92. The average molecular weight is 356 g/mol. The van der Waals surface area contributed by atoms with Gasteiger partial charge in [0.05, 0.1) is 6.04 Å². The molecule has 0 aromatic carbocycles. The van der Waals surface area contributed by atoms with Crippen molar-refractivity contribution in [1.82, 2.24) is 25.3 Å². The van der Waals surface area contributed by atoms with E-state index in [1.807, 2.05) is 16.9 Å². The summed E-state index contributed by atoms with van der Waals surface area (Å²) in [6.07, 6.45) is 4.22. The zero-order valence-electron chi connectivity index (χ0n) is 14.9. The fraction of sp³-hybridized carbons (Fsp3) is 0.765. The molecular formula is C17H30ClN5O. The standard InChI is InChI=1S/C17H29N5O.ClH/c1-12(2)21-10-13(3)16(11-21)19-17(23)15-6-8-22(20-15)14-5-4-7-18-9-14;/h6,8,12-14,16,18H,4-5,7,9-11H2,1-3H3,(H,19,23);1H. The maximum Gasteiger partial charge on any atom is 0.272 e. The van der Waals surface area contributed by atoms with Gasteiger partial charge in [-0.05, 0) is 45.2 Å². The van der Waals surface area contributed by atoms with Gasteiger partial charge in [0.15, 0.2) is 0 Å². The molecule has 6 nitrogen and oxygen atoms in total. The molecule has 24 heavy (non-hydrogen) atoms. The number of amides is 1. The number of hydrogen-bond donors (Lipinski definition) is 2. The molecule has 2 aliphatic heterocycles. The first-order chi connectivity index (χ1) is 11.0. The van der Waals surface area contributed by atoms with Crippen LogP contribution in [0, 0.1) is 5.92 Å². The van der Waals surface area contributed by atoms with Gasteiger partial charge in [-0.3, -0.25) is 14.4 Å². The summed E-state index contributed by atoms with van der Waals surface area (Å²) in [5.41, 5.74) is 0.533. The normalized spacial score (nSPS) is 27.9. The molecule has 0 saturated carbocycles. The summed E-state index contributed by atoms with van der Waals surface area (Å²) >= 11 is 0. The van der Waals surface area contributed by atoms with Crippen LogP contribution in [0.25, 0.3) is 0 Å². The van der Waals surface area contributed by atoms with Gasteiger partial charge in [-0.25, -0.2) is 0 Å². The Morgan fingerprint density at radius 3 is 2.83 bits per heavy atom. The number of carbonyl (C=O) groups is 1. The molecule has 3 atom stereocenters. The highest BCUT2D eigenvalue weighted by Crippen LogP contribution is 2.19. The van der Waals surface area contributed by atoms with Crippen molar-refractivity contribution in [2.24, 2.45) is 5.92 Å². The number of aromatic nitrogens is 2. The molecule has 7 heteroatoms. The van der Waals surface area contributed by atoms with Crippen LogP contribution in [0.15, 0.2) is 12.3 Å². The van der Waals surface area contributed by atoms with E-state index in [0.29, 0.717) is 23.7 Å². The monoisotopic (exact) mass is 355 g/mol. The molecule has 2 fully saturated rings. The van der Waals surface area contributed by atoms with Crippen LogP contribution in [0.2, 0.25) is 0 Å². The smallest absolute Gasteiger partial charge is 0.272 e. The van der Waals surface area contributed by atoms with Gasteiger partial charge in [-0.15, -0.1) is 12.4 Å². The lowest BCUT2D eigenvalue weighted by Gasteiger charge is -2.23. The maximum absolute atomic E-state index is 12.5. The van der Waals surface area contributed by atoms with Crippen LogP contribution >= 0.6 is 12.4 Å². The summed E-state index contributed by atoms with van der Waals surface area (Å²) in [7, 11) is 0. The number of carbonyl (C=O) groups excluding carboxylic acids is 1. The van der Waals surface area contributed by atoms with Crippen LogP contribution in [0.3, 0.4) is 0 Å². The number of nitrogens with zero attached hydrogens (tertiary/aromatic N) is 3. The van der Waals surface area contributed by atoms with E-state index in [4.69, 9.17) is 0 Å². The Labute approximate surface area is 150 Å². The largest absolute Gasteiger partial charge is 0.346 e. The Morgan fingerprint density at radius 1 is 1.42 bits per heavy atom. The van der Waals surface area contributed by atoms with Crippen molar-refractivity contribution in [2.75, 3.05) is 26.2 Å². The Kier molecular flexibility index (Phi) is 6.66. The number of halogens is 1. The second-order valence-electron chi connectivity index (χ2n) is 7.29. The van der Waals surface area contributed by atoms with E-state index in [-0.39, 0.29) is 24.4 Å². The van der Waals surface area contributed by atoms with E-state index in [0.717, 1.165) is 39.0 Å². The fourth-order valence-electron chi connectivity index (χ4n) is 3.58. The molecule has 3 unspecified atom stereocenters. The van der Waals surface area contributed by atoms with Gasteiger partial charge >= 0.3 is 0 Å². The summed E-state index contributed by atoms with van der Waals surface area (Å²) in [6.45, 7) is 10.6. The van der Waals surface area contributed by atoms with E-state index < -0.39 is 0 Å². The Bertz CT molecular complexity index is 541. The van der Waals surface area contributed by atoms with Crippen LogP contribution in [-0.4, -0.2) is 58.9 Å². The number of nitrogens with one attached hydrogen (secondary N) is 2. The van der Waals surface area contributed by atoms with Crippen molar-refractivity contribution >= 4 is 18.3 Å². The van der Waals surface area contributed by atoms with Gasteiger partial charge in [0, 0.05) is 37.9 Å². The first-order valence-electron chi connectivity index (χ1n) is 8.85. The molecule has 1 aromatic heterocycles. The van der Waals surface area contributed by atoms with Crippen molar-refractivity contribution in [3.05, 3.63) is 18.0 Å². The molecule has 1 aromatic rings. The molecule has 2 saturated heterocycles. The molecule has 136 valence electrons. The highest BCUT2D eigenvalue weighted by atomic mass is 35.5. The van der Waals surface area contributed by atoms with Crippen molar-refractivity contribution in [3.63, 3.8) is 0 Å². The van der Waals surface area contributed by atoms with Crippen molar-refractivity contribution < 1.29 is 4.79 Å². The first-order valence-corrected chi connectivity index (χ1v) is 8.85. The quantitative estimate of drug-likeness (QED) is 0.862. The summed E-state index contributed by atoms with van der Waals surface area (Å²) in [5.74, 6) is 0.431. The minimum atomic E-state index is -0.0463. The van der Waals surface area contributed by atoms with E-state index in [9.17, 15) is 4.79 Å². The number of piperidine rings is 1. The topological polar surface area (TPSA) is 62.2 Å². The number of likely N-dealkylation sites (tertiary alicyclic amines) is 1. The van der Waals surface area contributed by atoms with Gasteiger partial charge in [0.1, 0.15) is 5.69 Å². The van der Waals surface area contributed by atoms with E-state index >= 15 is 0 Å². The molecule has 2 N–H and O–H groups in total. The molecule has 0 aliphatic carbocycles. The molecule has 0 radical (unpaired) electrons. The predicted molar refractivity (Wildman–Crippen MR) is 97.7 cm³/mol. The lowest BCUT2D eigenvalue weighted by molar-refractivity contribution is 0.0924. The highest BCUT2D eigenvalue weighted by Gasteiger charge is 2.32. The molecular weight excluding hydrogens is 326 g/mol. The van der Waals surface area contributed by atoms with Crippen molar-refractivity contribution in [3.8, 4) is 0 Å². The van der Waals surface area contributed by atoms with Gasteiger partial charge < -0.3 is 10.6 Å². The van der Waals surface area contributed by atoms with Crippen LogP contribution in [0.5, 0.6) is 0 Å². The Morgan fingerprint density at radius 2 is 2.21 bits per heavy atom. The van der Waals surface area contributed by atoms with Crippen LogP contribution in [-0.2, 0) is 0 Å². The fourth-order valence-corrected chi connectivity index (χ4v) is 3.58. The molecule has 2 aliphatic rings. The van der Waals surface area contributed by atoms with Crippen molar-refractivity contribution in [1.29, 1.82) is 0 Å². The SMILES string of the molecule is CC1CN(C(C)C)CC1NC(=O)c1ccn(C2CCCNC2)n1.Cl. The van der Waals surface area contributed by atoms with Gasteiger partial charge in [0.25, 0.3) is 5.91 Å². The molecule has 0 spiro atoms. The summed E-state index contributed by atoms with van der Waals surface area (Å²) < 4.78 is 1.94. The van der Waals surface area contributed by atoms with Crippen molar-refractivity contribution in [2.45, 2.75) is 51.7 Å². The Balaban J connectivity index is 0.00000208. The van der Waals surface area contributed by atoms with E-state index in [2.05, 4.69) is 41.4 Å². The molecule has 0 bridgehead atoms.